The number of para-hydroxylation sites is 2. The molecule has 0 radical (unpaired) electrons. The number of hydrogen-bond acceptors (Lipinski definition) is 2. The van der Waals surface area contributed by atoms with E-state index in [1.54, 1.807) is 0 Å². The van der Waals surface area contributed by atoms with Gasteiger partial charge in [0.2, 0.25) is 0 Å². The normalized spacial score (nSPS) is 11.9. The van der Waals surface area contributed by atoms with Crippen LogP contribution in [0.2, 0.25) is 0 Å². The Hall–Kier alpha value is -2.62. The fourth-order valence-electron chi connectivity index (χ4n) is 3.46. The molecular formula is C19H20N3O+. The third kappa shape index (κ3) is 1.91. The number of aryl methyl sites for hydroxylation is 2. The van der Waals surface area contributed by atoms with Crippen LogP contribution in [0.3, 0.4) is 0 Å². The Kier molecular flexibility index (Phi) is 3.01. The summed E-state index contributed by atoms with van der Waals surface area (Å²) >= 11 is 0. The van der Waals surface area contributed by atoms with E-state index >= 15 is 0 Å². The molecule has 2 aromatic heterocycles. The third-order valence-corrected chi connectivity index (χ3v) is 4.50. The van der Waals surface area contributed by atoms with E-state index in [-0.39, 0.29) is 0 Å². The second-order valence-corrected chi connectivity index (χ2v) is 6.29. The first-order valence-electron chi connectivity index (χ1n) is 7.91. The first kappa shape index (κ1) is 14.0. The molecular weight excluding hydrogens is 286 g/mol. The van der Waals surface area contributed by atoms with Gasteiger partial charge < -0.3 is 4.42 Å². The number of rotatable bonds is 2. The van der Waals surface area contributed by atoms with Gasteiger partial charge in [0.15, 0.2) is 23.0 Å². The van der Waals surface area contributed by atoms with Crippen LogP contribution in [0, 0.1) is 6.92 Å². The zero-order valence-electron chi connectivity index (χ0n) is 13.9. The van der Waals surface area contributed by atoms with Gasteiger partial charge in [-0.2, -0.15) is 0 Å². The van der Waals surface area contributed by atoms with Gasteiger partial charge in [-0.25, -0.2) is 14.1 Å². The lowest BCUT2D eigenvalue weighted by atomic mass is 10.1. The number of benzene rings is 2. The maximum absolute atomic E-state index is 5.73. The van der Waals surface area contributed by atoms with Crippen LogP contribution in [-0.2, 0) is 7.05 Å². The van der Waals surface area contributed by atoms with Gasteiger partial charge in [0.05, 0.1) is 13.1 Å². The molecule has 0 N–H and O–H groups in total. The van der Waals surface area contributed by atoms with Crippen molar-refractivity contribution in [3.63, 3.8) is 0 Å². The molecule has 4 aromatic rings. The smallest absolute Gasteiger partial charge is 0.294 e. The van der Waals surface area contributed by atoms with Gasteiger partial charge in [-0.3, -0.25) is 0 Å². The molecule has 116 valence electrons. The average Bonchev–Trinajstić information content (AvgIpc) is 3.11. The zero-order chi connectivity index (χ0) is 16.1. The fourth-order valence-corrected chi connectivity index (χ4v) is 3.46. The van der Waals surface area contributed by atoms with E-state index in [9.17, 15) is 0 Å². The summed E-state index contributed by atoms with van der Waals surface area (Å²) in [5.74, 6) is 1.15. The fraction of sp³-hybridized carbons (Fsp3) is 0.263. The Morgan fingerprint density at radius 3 is 2.70 bits per heavy atom. The number of imidazole rings is 1. The predicted molar refractivity (Wildman–Crippen MR) is 91.2 cm³/mol. The quantitative estimate of drug-likeness (QED) is 0.521. The van der Waals surface area contributed by atoms with Gasteiger partial charge in [-0.05, 0) is 44.5 Å². The minimum Gasteiger partial charge on any atom is -0.443 e. The molecule has 0 amide bonds. The molecule has 0 bridgehead atoms. The Morgan fingerprint density at radius 2 is 1.91 bits per heavy atom. The largest absolute Gasteiger partial charge is 0.443 e. The first-order chi connectivity index (χ1) is 11.1. The van der Waals surface area contributed by atoms with Crippen LogP contribution in [0.25, 0.3) is 33.5 Å². The summed E-state index contributed by atoms with van der Waals surface area (Å²) in [6.45, 7) is 6.55. The summed E-state index contributed by atoms with van der Waals surface area (Å²) in [7, 11) is 2.12. The van der Waals surface area contributed by atoms with Crippen molar-refractivity contribution in [2.45, 2.75) is 26.8 Å². The van der Waals surface area contributed by atoms with Gasteiger partial charge in [-0.15, -0.1) is 0 Å². The monoisotopic (exact) mass is 306 g/mol. The summed E-state index contributed by atoms with van der Waals surface area (Å²) in [6.07, 6.45) is 1.52. The van der Waals surface area contributed by atoms with E-state index in [4.69, 9.17) is 4.42 Å². The lowest BCUT2D eigenvalue weighted by Gasteiger charge is -2.09. The lowest BCUT2D eigenvalue weighted by molar-refractivity contribution is -0.634. The summed E-state index contributed by atoms with van der Waals surface area (Å²) in [5.41, 5.74) is 6.50. The zero-order valence-corrected chi connectivity index (χ0v) is 13.9. The van der Waals surface area contributed by atoms with Crippen LogP contribution < -0.4 is 4.57 Å². The van der Waals surface area contributed by atoms with Gasteiger partial charge in [0, 0.05) is 0 Å². The summed E-state index contributed by atoms with van der Waals surface area (Å²) in [6, 6.07) is 13.0. The number of fused-ring (bicyclic) bond motifs is 2. The highest BCUT2D eigenvalue weighted by Crippen LogP contribution is 2.33. The van der Waals surface area contributed by atoms with Crippen LogP contribution >= 0.6 is 0 Å². The molecule has 23 heavy (non-hydrogen) atoms. The molecule has 0 spiro atoms. The van der Waals surface area contributed by atoms with E-state index in [1.807, 2.05) is 6.07 Å². The summed E-state index contributed by atoms with van der Waals surface area (Å²) < 4.78 is 10.4. The molecule has 2 aromatic carbocycles. The topological polar surface area (TPSA) is 34.8 Å². The molecule has 0 saturated carbocycles. The van der Waals surface area contributed by atoms with E-state index < -0.39 is 0 Å². The number of aromatic nitrogens is 3. The molecule has 0 aliphatic carbocycles. The van der Waals surface area contributed by atoms with Gasteiger partial charge in [0.25, 0.3) is 5.82 Å². The highest BCUT2D eigenvalue weighted by atomic mass is 16.3. The first-order valence-corrected chi connectivity index (χ1v) is 7.91. The Labute approximate surface area is 135 Å². The van der Waals surface area contributed by atoms with Crippen molar-refractivity contribution in [1.29, 1.82) is 0 Å². The summed E-state index contributed by atoms with van der Waals surface area (Å²) in [4.78, 5) is 4.32. The van der Waals surface area contributed by atoms with Crippen molar-refractivity contribution >= 4 is 22.1 Å². The average molecular weight is 306 g/mol. The molecule has 4 nitrogen and oxygen atoms in total. The number of hydrogen-bond donors (Lipinski definition) is 0. The van der Waals surface area contributed by atoms with Crippen LogP contribution in [0.1, 0.15) is 25.5 Å². The molecule has 2 heterocycles. The van der Waals surface area contributed by atoms with Crippen molar-refractivity contribution in [1.82, 2.24) is 9.55 Å². The second-order valence-electron chi connectivity index (χ2n) is 6.29. The molecule has 0 unspecified atom stereocenters. The van der Waals surface area contributed by atoms with Gasteiger partial charge >= 0.3 is 0 Å². The number of nitrogens with zero attached hydrogens (tertiary/aromatic N) is 3. The minimum absolute atomic E-state index is 0.341. The SMILES string of the molecule is Cc1ccc2ncoc2c1-c1n(C(C)C)c2ccccc2[n+]1C. The maximum Gasteiger partial charge on any atom is 0.294 e. The molecule has 0 atom stereocenters. The molecule has 4 heteroatoms. The van der Waals surface area contributed by atoms with Crippen molar-refractivity contribution in [2.75, 3.05) is 0 Å². The highest BCUT2D eigenvalue weighted by molar-refractivity contribution is 5.91. The van der Waals surface area contributed by atoms with Crippen LogP contribution in [0.15, 0.2) is 47.2 Å². The van der Waals surface area contributed by atoms with Gasteiger partial charge in [-0.1, -0.05) is 18.2 Å². The van der Waals surface area contributed by atoms with Crippen molar-refractivity contribution < 1.29 is 8.98 Å². The summed E-state index contributed by atoms with van der Waals surface area (Å²) in [5, 5.41) is 0. The number of oxazole rings is 1. The second kappa shape index (κ2) is 4.95. The Morgan fingerprint density at radius 1 is 1.13 bits per heavy atom. The van der Waals surface area contributed by atoms with Crippen LogP contribution in [-0.4, -0.2) is 9.55 Å². The van der Waals surface area contributed by atoms with Crippen LogP contribution in [0.4, 0.5) is 0 Å². The minimum atomic E-state index is 0.341. The molecule has 4 rings (SSSR count). The third-order valence-electron chi connectivity index (χ3n) is 4.50. The van der Waals surface area contributed by atoms with E-state index in [0.29, 0.717) is 6.04 Å². The van der Waals surface area contributed by atoms with Crippen LogP contribution in [0.5, 0.6) is 0 Å². The molecule has 0 aliphatic heterocycles. The van der Waals surface area contributed by atoms with E-state index in [2.05, 4.69) is 72.3 Å². The lowest BCUT2D eigenvalue weighted by Crippen LogP contribution is -2.30. The van der Waals surface area contributed by atoms with Crippen molar-refractivity contribution in [3.8, 4) is 11.4 Å². The Balaban J connectivity index is 2.21. The predicted octanol–water partition coefficient (Wildman–Crippen LogP) is 4.16. The highest BCUT2D eigenvalue weighted by Gasteiger charge is 2.29. The molecule has 0 saturated heterocycles. The maximum atomic E-state index is 5.73. The van der Waals surface area contributed by atoms with Gasteiger partial charge in [0.1, 0.15) is 11.1 Å². The molecule has 0 aliphatic rings. The van der Waals surface area contributed by atoms with Crippen molar-refractivity contribution in [2.24, 2.45) is 7.05 Å². The standard InChI is InChI=1S/C19H20N3O/c1-12(2)22-16-8-6-5-7-15(16)21(4)19(22)17-13(3)9-10-14-18(17)23-11-20-14/h5-12H,1-4H3/q+1. The molecule has 0 fully saturated rings. The van der Waals surface area contributed by atoms with Crippen molar-refractivity contribution in [3.05, 3.63) is 48.4 Å². The van der Waals surface area contributed by atoms with E-state index in [0.717, 1.165) is 22.5 Å². The Bertz CT molecular complexity index is 1020. The van der Waals surface area contributed by atoms with E-state index in [1.165, 1.54) is 23.0 Å².